The van der Waals surface area contributed by atoms with E-state index in [-0.39, 0.29) is 5.91 Å². The Labute approximate surface area is 92.5 Å². The lowest BCUT2D eigenvalue weighted by Gasteiger charge is -2.30. The van der Waals surface area contributed by atoms with Gasteiger partial charge in [0.1, 0.15) is 5.69 Å². The molecule has 0 saturated carbocycles. The minimum atomic E-state index is -0.0575. The van der Waals surface area contributed by atoms with Crippen molar-refractivity contribution in [1.29, 1.82) is 0 Å². The third-order valence-electron chi connectivity index (χ3n) is 2.18. The average Bonchev–Trinajstić information content (AvgIpc) is 2.00. The summed E-state index contributed by atoms with van der Waals surface area (Å²) in [6, 6.07) is 1.63. The van der Waals surface area contributed by atoms with Crippen molar-refractivity contribution < 1.29 is 4.79 Å². The predicted molar refractivity (Wildman–Crippen MR) is 57.0 cm³/mol. The number of aromatic nitrogens is 1. The summed E-state index contributed by atoms with van der Waals surface area (Å²) in [6.07, 6.45) is 2.54. The van der Waals surface area contributed by atoms with E-state index in [2.05, 4.69) is 17.6 Å². The van der Waals surface area contributed by atoms with Crippen LogP contribution in [0.1, 0.15) is 16.9 Å². The van der Waals surface area contributed by atoms with Gasteiger partial charge in [-0.1, -0.05) is 11.6 Å². The molecule has 1 amide bonds. The summed E-state index contributed by atoms with van der Waals surface area (Å²) in [5.41, 5.74) is 0.387. The van der Waals surface area contributed by atoms with E-state index in [1.54, 1.807) is 11.0 Å². The second kappa shape index (κ2) is 3.79. The number of likely N-dealkylation sites (tertiary alicyclic amines) is 1. The number of halogens is 1. The van der Waals surface area contributed by atoms with E-state index >= 15 is 0 Å². The Balaban J connectivity index is 2.26. The molecule has 5 heteroatoms. The van der Waals surface area contributed by atoms with Gasteiger partial charge in [-0.2, -0.15) is 0 Å². The monoisotopic (exact) mass is 228 g/mol. The number of carbonyl (C=O) groups excluding carboxylic acids is 1. The topological polar surface area (TPSA) is 33.2 Å². The van der Waals surface area contributed by atoms with Gasteiger partial charge >= 0.3 is 0 Å². The van der Waals surface area contributed by atoms with E-state index in [4.69, 9.17) is 11.6 Å². The van der Waals surface area contributed by atoms with Crippen LogP contribution >= 0.6 is 24.2 Å². The molecule has 3 nitrogen and oxygen atoms in total. The molecule has 0 bridgehead atoms. The van der Waals surface area contributed by atoms with Crippen molar-refractivity contribution >= 4 is 30.1 Å². The van der Waals surface area contributed by atoms with Crippen LogP contribution in [0.3, 0.4) is 0 Å². The Morgan fingerprint density at radius 2 is 2.29 bits per heavy atom. The second-order valence-corrected chi connectivity index (χ2v) is 4.09. The van der Waals surface area contributed by atoms with Gasteiger partial charge in [-0.15, -0.1) is 12.6 Å². The zero-order chi connectivity index (χ0) is 10.1. The number of amides is 1. The molecule has 1 saturated heterocycles. The molecule has 0 N–H and O–H groups in total. The summed E-state index contributed by atoms with van der Waals surface area (Å²) >= 11 is 9.88. The van der Waals surface area contributed by atoms with Gasteiger partial charge in [0.2, 0.25) is 0 Å². The molecule has 0 aliphatic carbocycles. The van der Waals surface area contributed by atoms with Crippen molar-refractivity contribution in [3.63, 3.8) is 0 Å². The Bertz CT molecular complexity index is 379. The number of nitrogens with zero attached hydrogens (tertiary/aromatic N) is 2. The third-order valence-corrected chi connectivity index (χ3v) is 2.73. The Morgan fingerprint density at radius 1 is 1.57 bits per heavy atom. The van der Waals surface area contributed by atoms with Crippen LogP contribution in [-0.4, -0.2) is 28.9 Å². The lowest BCUT2D eigenvalue weighted by Crippen LogP contribution is -2.42. The largest absolute Gasteiger partial charge is 0.337 e. The van der Waals surface area contributed by atoms with Crippen LogP contribution in [0.2, 0.25) is 5.02 Å². The zero-order valence-electron chi connectivity index (χ0n) is 7.40. The Kier molecular flexibility index (Phi) is 2.65. The molecule has 74 valence electrons. The SMILES string of the molecule is O=C(c1ncc(Cl)cc1S)N1CCC1. The van der Waals surface area contributed by atoms with Crippen molar-refractivity contribution in [1.82, 2.24) is 9.88 Å². The first kappa shape index (κ1) is 9.80. The first-order valence-corrected chi connectivity index (χ1v) is 5.15. The van der Waals surface area contributed by atoms with E-state index in [0.717, 1.165) is 19.5 Å². The lowest BCUT2D eigenvalue weighted by molar-refractivity contribution is 0.0642. The first-order valence-electron chi connectivity index (χ1n) is 4.32. The first-order chi connectivity index (χ1) is 6.68. The van der Waals surface area contributed by atoms with E-state index < -0.39 is 0 Å². The molecule has 14 heavy (non-hydrogen) atoms. The lowest BCUT2D eigenvalue weighted by atomic mass is 10.2. The molecular formula is C9H9ClN2OS. The highest BCUT2D eigenvalue weighted by molar-refractivity contribution is 7.80. The van der Waals surface area contributed by atoms with Gasteiger partial charge in [-0.3, -0.25) is 4.79 Å². The number of thiol groups is 1. The summed E-state index contributed by atoms with van der Waals surface area (Å²) in [5.74, 6) is -0.0575. The van der Waals surface area contributed by atoms with E-state index in [1.807, 2.05) is 0 Å². The zero-order valence-corrected chi connectivity index (χ0v) is 9.05. The fraction of sp³-hybridized carbons (Fsp3) is 0.333. The van der Waals surface area contributed by atoms with E-state index in [1.165, 1.54) is 6.20 Å². The predicted octanol–water partition coefficient (Wildman–Crippen LogP) is 1.87. The maximum absolute atomic E-state index is 11.7. The van der Waals surface area contributed by atoms with Crippen molar-refractivity contribution in [2.45, 2.75) is 11.3 Å². The number of rotatable bonds is 1. The molecule has 0 spiro atoms. The van der Waals surface area contributed by atoms with Crippen LogP contribution in [-0.2, 0) is 0 Å². The molecule has 2 rings (SSSR count). The summed E-state index contributed by atoms with van der Waals surface area (Å²) in [7, 11) is 0. The van der Waals surface area contributed by atoms with Crippen molar-refractivity contribution in [2.24, 2.45) is 0 Å². The Morgan fingerprint density at radius 3 is 2.79 bits per heavy atom. The van der Waals surface area contributed by atoms with Gasteiger partial charge < -0.3 is 4.90 Å². The molecule has 1 aliphatic heterocycles. The van der Waals surface area contributed by atoms with Gasteiger partial charge in [0.05, 0.1) is 5.02 Å². The van der Waals surface area contributed by atoms with Gasteiger partial charge in [0.25, 0.3) is 5.91 Å². The smallest absolute Gasteiger partial charge is 0.273 e. The minimum absolute atomic E-state index is 0.0575. The van der Waals surface area contributed by atoms with Crippen LogP contribution in [0, 0.1) is 0 Å². The number of hydrogen-bond donors (Lipinski definition) is 1. The molecule has 0 unspecified atom stereocenters. The summed E-state index contributed by atoms with van der Waals surface area (Å²) < 4.78 is 0. The number of hydrogen-bond acceptors (Lipinski definition) is 3. The number of pyridine rings is 1. The fourth-order valence-corrected chi connectivity index (χ4v) is 1.79. The summed E-state index contributed by atoms with van der Waals surface area (Å²) in [5, 5.41) is 0.496. The van der Waals surface area contributed by atoms with Crippen LogP contribution < -0.4 is 0 Å². The van der Waals surface area contributed by atoms with Gasteiger partial charge in [0.15, 0.2) is 0 Å². The third kappa shape index (κ3) is 1.72. The molecule has 0 aromatic carbocycles. The normalized spacial score (nSPS) is 15.1. The van der Waals surface area contributed by atoms with Crippen LogP contribution in [0.4, 0.5) is 0 Å². The highest BCUT2D eigenvalue weighted by atomic mass is 35.5. The van der Waals surface area contributed by atoms with Crippen molar-refractivity contribution in [3.05, 3.63) is 23.0 Å². The highest BCUT2D eigenvalue weighted by Gasteiger charge is 2.24. The molecular weight excluding hydrogens is 220 g/mol. The molecule has 1 aromatic rings. The van der Waals surface area contributed by atoms with Crippen molar-refractivity contribution in [3.8, 4) is 0 Å². The standard InChI is InChI=1S/C9H9ClN2OS/c10-6-4-7(14)8(11-5-6)9(13)12-2-1-3-12/h4-5,14H,1-3H2. The molecule has 0 radical (unpaired) electrons. The number of carbonyl (C=O) groups is 1. The quantitative estimate of drug-likeness (QED) is 0.745. The van der Waals surface area contributed by atoms with E-state index in [9.17, 15) is 4.79 Å². The van der Waals surface area contributed by atoms with Crippen LogP contribution in [0.15, 0.2) is 17.2 Å². The summed E-state index contributed by atoms with van der Waals surface area (Å²) in [4.78, 5) is 18.0. The highest BCUT2D eigenvalue weighted by Crippen LogP contribution is 2.20. The summed E-state index contributed by atoms with van der Waals surface area (Å²) in [6.45, 7) is 1.63. The van der Waals surface area contributed by atoms with Gasteiger partial charge in [-0.25, -0.2) is 4.98 Å². The van der Waals surface area contributed by atoms with Gasteiger partial charge in [-0.05, 0) is 12.5 Å². The molecule has 1 aromatic heterocycles. The van der Waals surface area contributed by atoms with E-state index in [0.29, 0.717) is 15.6 Å². The second-order valence-electron chi connectivity index (χ2n) is 3.17. The van der Waals surface area contributed by atoms with Crippen LogP contribution in [0.25, 0.3) is 0 Å². The minimum Gasteiger partial charge on any atom is -0.337 e. The Hall–Kier alpha value is -0.740. The molecule has 1 aliphatic rings. The maximum Gasteiger partial charge on any atom is 0.273 e. The molecule has 2 heterocycles. The molecule has 0 atom stereocenters. The van der Waals surface area contributed by atoms with Crippen LogP contribution in [0.5, 0.6) is 0 Å². The van der Waals surface area contributed by atoms with Gasteiger partial charge in [0, 0.05) is 24.2 Å². The molecule has 1 fully saturated rings. The van der Waals surface area contributed by atoms with Crippen molar-refractivity contribution in [2.75, 3.05) is 13.1 Å². The maximum atomic E-state index is 11.7. The fourth-order valence-electron chi connectivity index (χ4n) is 1.26. The average molecular weight is 229 g/mol.